The summed E-state index contributed by atoms with van der Waals surface area (Å²) < 4.78 is 11.7. The van der Waals surface area contributed by atoms with E-state index in [0.29, 0.717) is 24.3 Å². The first-order valence-electron chi connectivity index (χ1n) is 28.4. The van der Waals surface area contributed by atoms with Gasteiger partial charge in [0.05, 0.1) is 13.2 Å². The van der Waals surface area contributed by atoms with Crippen molar-refractivity contribution in [3.05, 3.63) is 119 Å². The molecule has 404 valence electrons. The first kappa shape index (κ1) is 64.4. The lowest BCUT2D eigenvalue weighted by molar-refractivity contribution is 0.0817. The van der Waals surface area contributed by atoms with Crippen molar-refractivity contribution < 1.29 is 38.9 Å². The Balaban J connectivity index is 0.000000477. The molecule has 4 aromatic carbocycles. The smallest absolute Gasteiger partial charge is 0.233 e. The number of hydrogen-bond donors (Lipinski definition) is 2. The van der Waals surface area contributed by atoms with Gasteiger partial charge in [-0.2, -0.15) is 0 Å². The number of unbranched alkanes of at least 4 members (excludes halogenated alkanes) is 27. The SMILES string of the molecule is CCCCCCCCCCCCBr.CCCCCCCCCCCCOc1ccc(C(=O)C(=O)c2ccc(OCCCCCCCCCCCC)cc2)cc1.O=C(C(=O)c1ccc(O)cc1)c1ccc(O)cc1. The van der Waals surface area contributed by atoms with Crippen molar-refractivity contribution in [1.29, 1.82) is 0 Å². The molecule has 0 aliphatic carbocycles. The molecule has 9 heteroatoms. The number of benzene rings is 4. The molecule has 0 unspecified atom stereocenters. The number of halogens is 1. The molecule has 0 bridgehead atoms. The number of carbonyl (C=O) groups is 4. The summed E-state index contributed by atoms with van der Waals surface area (Å²) in [6.45, 7) is 8.15. The molecular weight excluding hydrogens is 977 g/mol. The summed E-state index contributed by atoms with van der Waals surface area (Å²) in [5.74, 6) is -0.781. The van der Waals surface area contributed by atoms with Gasteiger partial charge >= 0.3 is 0 Å². The van der Waals surface area contributed by atoms with Crippen LogP contribution in [-0.2, 0) is 0 Å². The summed E-state index contributed by atoms with van der Waals surface area (Å²) in [5, 5.41) is 19.4. The fourth-order valence-corrected chi connectivity index (χ4v) is 8.69. The third-order valence-corrected chi connectivity index (χ3v) is 13.5. The zero-order chi connectivity index (χ0) is 53.0. The van der Waals surface area contributed by atoms with Gasteiger partial charge in [-0.05, 0) is 116 Å². The van der Waals surface area contributed by atoms with E-state index in [1.807, 2.05) is 0 Å². The summed E-state index contributed by atoms with van der Waals surface area (Å²) in [6.07, 6.45) is 40.2. The molecule has 0 heterocycles. The molecule has 0 saturated carbocycles. The normalized spacial score (nSPS) is 10.7. The maximum absolute atomic E-state index is 12.8. The summed E-state index contributed by atoms with van der Waals surface area (Å²) in [4.78, 5) is 49.2. The molecule has 73 heavy (non-hydrogen) atoms. The molecule has 0 aromatic heterocycles. The molecule has 0 aliphatic rings. The Kier molecular flexibility index (Phi) is 38.5. The average molecular weight is 1070 g/mol. The maximum Gasteiger partial charge on any atom is 0.233 e. The van der Waals surface area contributed by atoms with Crippen LogP contribution in [0, 0.1) is 0 Å². The highest BCUT2D eigenvalue weighted by Crippen LogP contribution is 2.20. The van der Waals surface area contributed by atoms with Crippen LogP contribution in [0.5, 0.6) is 23.0 Å². The Labute approximate surface area is 450 Å². The predicted octanol–water partition coefficient (Wildman–Crippen LogP) is 18.8. The lowest BCUT2D eigenvalue weighted by Gasteiger charge is -2.08. The second-order valence-electron chi connectivity index (χ2n) is 19.4. The maximum atomic E-state index is 12.8. The van der Waals surface area contributed by atoms with Gasteiger partial charge in [0.1, 0.15) is 23.0 Å². The number of aromatic hydroxyl groups is 2. The summed E-state index contributed by atoms with van der Waals surface area (Å²) in [6, 6.07) is 24.7. The molecule has 0 fully saturated rings. The van der Waals surface area contributed by atoms with Crippen molar-refractivity contribution in [3.63, 3.8) is 0 Å². The molecule has 0 atom stereocenters. The van der Waals surface area contributed by atoms with Gasteiger partial charge in [0, 0.05) is 27.6 Å². The quantitative estimate of drug-likeness (QED) is 0.0195. The van der Waals surface area contributed by atoms with Crippen LogP contribution < -0.4 is 9.47 Å². The number of alkyl halides is 1. The van der Waals surface area contributed by atoms with E-state index in [-0.39, 0.29) is 22.6 Å². The minimum Gasteiger partial charge on any atom is -0.508 e. The number of hydrogen-bond acceptors (Lipinski definition) is 8. The molecule has 4 rings (SSSR count). The van der Waals surface area contributed by atoms with Crippen molar-refractivity contribution in [3.8, 4) is 23.0 Å². The Morgan fingerprint density at radius 2 is 0.521 bits per heavy atom. The summed E-state index contributed by atoms with van der Waals surface area (Å²) in [7, 11) is 0. The fourth-order valence-electron chi connectivity index (χ4n) is 8.30. The third kappa shape index (κ3) is 31.6. The van der Waals surface area contributed by atoms with Gasteiger partial charge in [-0.3, -0.25) is 19.2 Å². The van der Waals surface area contributed by atoms with Crippen molar-refractivity contribution in [2.75, 3.05) is 18.5 Å². The monoisotopic (exact) mass is 1070 g/mol. The van der Waals surface area contributed by atoms with E-state index < -0.39 is 23.1 Å². The molecule has 0 aliphatic heterocycles. The number of ether oxygens (including phenoxy) is 2. The second kappa shape index (κ2) is 43.6. The van der Waals surface area contributed by atoms with E-state index in [4.69, 9.17) is 19.7 Å². The summed E-state index contributed by atoms with van der Waals surface area (Å²) in [5.41, 5.74) is 1.19. The van der Waals surface area contributed by atoms with Crippen molar-refractivity contribution in [2.24, 2.45) is 0 Å². The highest BCUT2D eigenvalue weighted by atomic mass is 79.9. The van der Waals surface area contributed by atoms with Crippen LogP contribution in [0.4, 0.5) is 0 Å². The number of phenolic OH excluding ortho intramolecular Hbond substituents is 2. The predicted molar refractivity (Wildman–Crippen MR) is 307 cm³/mol. The van der Waals surface area contributed by atoms with Gasteiger partial charge in [0.25, 0.3) is 0 Å². The van der Waals surface area contributed by atoms with Crippen LogP contribution in [-0.4, -0.2) is 51.9 Å². The molecule has 0 saturated heterocycles. The fraction of sp³-hybridized carbons (Fsp3) is 0.562. The number of rotatable bonds is 40. The zero-order valence-corrected chi connectivity index (χ0v) is 46.9. The molecular formula is C64H93BrO8. The lowest BCUT2D eigenvalue weighted by Crippen LogP contribution is -2.14. The summed E-state index contributed by atoms with van der Waals surface area (Å²) >= 11 is 3.46. The van der Waals surface area contributed by atoms with Crippen molar-refractivity contribution in [2.45, 2.75) is 213 Å². The number of phenols is 2. The van der Waals surface area contributed by atoms with E-state index in [1.54, 1.807) is 48.5 Å². The van der Waals surface area contributed by atoms with Crippen LogP contribution in [0.15, 0.2) is 97.1 Å². The lowest BCUT2D eigenvalue weighted by atomic mass is 10.0. The highest BCUT2D eigenvalue weighted by Gasteiger charge is 2.19. The zero-order valence-electron chi connectivity index (χ0n) is 45.3. The molecule has 2 N–H and O–H groups in total. The van der Waals surface area contributed by atoms with Gasteiger partial charge in [-0.15, -0.1) is 0 Å². The van der Waals surface area contributed by atoms with Gasteiger partial charge in [0.2, 0.25) is 23.1 Å². The Morgan fingerprint density at radius 3 is 0.753 bits per heavy atom. The van der Waals surface area contributed by atoms with Crippen LogP contribution in [0.1, 0.15) is 255 Å². The van der Waals surface area contributed by atoms with Gasteiger partial charge in [-0.1, -0.05) is 210 Å². The Bertz CT molecular complexity index is 1850. The molecule has 0 amide bonds. The number of carbonyl (C=O) groups excluding carboxylic acids is 4. The average Bonchev–Trinajstić information content (AvgIpc) is 3.41. The van der Waals surface area contributed by atoms with Gasteiger partial charge < -0.3 is 19.7 Å². The van der Waals surface area contributed by atoms with Crippen molar-refractivity contribution in [1.82, 2.24) is 0 Å². The topological polar surface area (TPSA) is 127 Å². The van der Waals surface area contributed by atoms with E-state index in [2.05, 4.69) is 36.7 Å². The molecule has 4 aromatic rings. The highest BCUT2D eigenvalue weighted by molar-refractivity contribution is 9.09. The molecule has 0 radical (unpaired) electrons. The van der Waals surface area contributed by atoms with Crippen molar-refractivity contribution >= 4 is 39.1 Å². The van der Waals surface area contributed by atoms with E-state index in [9.17, 15) is 19.2 Å². The van der Waals surface area contributed by atoms with Gasteiger partial charge in [-0.25, -0.2) is 0 Å². The van der Waals surface area contributed by atoms with Crippen LogP contribution in [0.2, 0.25) is 0 Å². The number of Topliss-reactive ketones (excluding diaryl/α,β-unsaturated/α-hetero) is 4. The third-order valence-electron chi connectivity index (χ3n) is 12.9. The Hall–Kier alpha value is -4.76. The molecule has 0 spiro atoms. The van der Waals surface area contributed by atoms with E-state index >= 15 is 0 Å². The first-order chi connectivity index (χ1) is 35.6. The Morgan fingerprint density at radius 1 is 0.315 bits per heavy atom. The second-order valence-corrected chi connectivity index (χ2v) is 20.2. The molecule has 8 nitrogen and oxygen atoms in total. The standard InChI is InChI=1S/C38H58O4.C14H10O4.C12H25Br/c1-3-5-7-9-11-13-15-17-19-21-31-41-35-27-23-33(24-28-35)37(39)38(40)34-25-29-36(30-26-34)42-32-22-20-18-16-14-12-10-8-6-4-2;15-11-5-1-9(2-6-11)13(17)14(18)10-3-7-12(16)8-4-10;1-2-3-4-5-6-7-8-9-10-11-12-13/h23-30H,3-22,31-32H2,1-2H3;1-8,15-16H;2-12H2,1H3. The number of ketones is 4. The van der Waals surface area contributed by atoms with Crippen LogP contribution >= 0.6 is 15.9 Å². The van der Waals surface area contributed by atoms with Crippen LogP contribution in [0.25, 0.3) is 0 Å². The van der Waals surface area contributed by atoms with E-state index in [1.165, 1.54) is 234 Å². The largest absolute Gasteiger partial charge is 0.508 e. The van der Waals surface area contributed by atoms with E-state index in [0.717, 1.165) is 24.3 Å². The van der Waals surface area contributed by atoms with Gasteiger partial charge in [0.15, 0.2) is 0 Å². The van der Waals surface area contributed by atoms with Crippen LogP contribution in [0.3, 0.4) is 0 Å². The first-order valence-corrected chi connectivity index (χ1v) is 29.5. The minimum atomic E-state index is -0.652. The minimum absolute atomic E-state index is 0.0311.